The fourth-order valence-electron chi connectivity index (χ4n) is 3.92. The third-order valence-electron chi connectivity index (χ3n) is 5.14. The van der Waals surface area contributed by atoms with Crippen LogP contribution < -0.4 is 5.56 Å². The summed E-state index contributed by atoms with van der Waals surface area (Å²) in [6.07, 6.45) is 7.92. The number of aromatic amines is 1. The van der Waals surface area contributed by atoms with Gasteiger partial charge in [-0.05, 0) is 68.6 Å². The highest BCUT2D eigenvalue weighted by molar-refractivity contribution is 7.71. The summed E-state index contributed by atoms with van der Waals surface area (Å²) < 4.78 is 2.50. The number of hydrogen-bond acceptors (Lipinski definition) is 3. The highest BCUT2D eigenvalue weighted by Gasteiger charge is 2.25. The molecule has 0 aliphatic heterocycles. The Morgan fingerprint density at radius 1 is 1.24 bits per heavy atom. The molecule has 21 heavy (non-hydrogen) atoms. The van der Waals surface area contributed by atoms with Gasteiger partial charge in [0.25, 0.3) is 5.56 Å². The van der Waals surface area contributed by atoms with Gasteiger partial charge >= 0.3 is 0 Å². The minimum absolute atomic E-state index is 0.160. The molecule has 1 fully saturated rings. The minimum atomic E-state index is 0.160. The van der Waals surface area contributed by atoms with Gasteiger partial charge in [0.2, 0.25) is 0 Å². The smallest absolute Gasteiger partial charge is 0.263 e. The van der Waals surface area contributed by atoms with E-state index in [-0.39, 0.29) is 5.56 Å². The maximum absolute atomic E-state index is 13.0. The molecule has 2 aromatic heterocycles. The number of fused-ring (bicyclic) bond motifs is 3. The number of nitrogens with one attached hydrogen (secondary N) is 1. The van der Waals surface area contributed by atoms with E-state index < -0.39 is 0 Å². The summed E-state index contributed by atoms with van der Waals surface area (Å²) in [6.45, 7) is 2.30. The minimum Gasteiger partial charge on any atom is -0.323 e. The summed E-state index contributed by atoms with van der Waals surface area (Å²) in [5.74, 6) is 0.781. The molecule has 2 aliphatic carbocycles. The maximum Gasteiger partial charge on any atom is 0.263 e. The van der Waals surface area contributed by atoms with Crippen molar-refractivity contribution < 1.29 is 0 Å². The zero-order valence-electron chi connectivity index (χ0n) is 12.3. The van der Waals surface area contributed by atoms with Crippen LogP contribution in [0, 0.1) is 10.7 Å². The van der Waals surface area contributed by atoms with E-state index in [0.29, 0.717) is 10.8 Å². The average Bonchev–Trinajstić information content (AvgIpc) is 3.00. The molecule has 0 radical (unpaired) electrons. The SMILES string of the molecule is CC1CCC(n2c(=S)[nH]c3sc4c(c3c2=O)CCC4)CC1. The normalized spacial score (nSPS) is 25.4. The number of aromatic nitrogens is 2. The zero-order chi connectivity index (χ0) is 14.6. The number of H-pyrrole nitrogens is 1. The van der Waals surface area contributed by atoms with Gasteiger partial charge in [-0.2, -0.15) is 0 Å². The molecule has 0 amide bonds. The van der Waals surface area contributed by atoms with Gasteiger partial charge in [0.15, 0.2) is 4.77 Å². The Kier molecular flexibility index (Phi) is 3.30. The first kappa shape index (κ1) is 13.7. The van der Waals surface area contributed by atoms with Crippen molar-refractivity contribution in [1.29, 1.82) is 0 Å². The van der Waals surface area contributed by atoms with Crippen molar-refractivity contribution in [2.24, 2.45) is 5.92 Å². The molecule has 0 bridgehead atoms. The van der Waals surface area contributed by atoms with E-state index >= 15 is 0 Å². The van der Waals surface area contributed by atoms with Crippen molar-refractivity contribution in [3.63, 3.8) is 0 Å². The lowest BCUT2D eigenvalue weighted by Gasteiger charge is -2.27. The largest absolute Gasteiger partial charge is 0.323 e. The van der Waals surface area contributed by atoms with Gasteiger partial charge in [0.05, 0.1) is 5.39 Å². The summed E-state index contributed by atoms with van der Waals surface area (Å²) in [4.78, 5) is 18.8. The fourth-order valence-corrected chi connectivity index (χ4v) is 5.60. The van der Waals surface area contributed by atoms with Crippen LogP contribution in [0.1, 0.15) is 55.5 Å². The van der Waals surface area contributed by atoms with E-state index in [0.717, 1.165) is 41.8 Å². The molecule has 0 spiro atoms. The van der Waals surface area contributed by atoms with Gasteiger partial charge in [-0.25, -0.2) is 0 Å². The predicted octanol–water partition coefficient (Wildman–Crippen LogP) is 4.36. The molecule has 1 N–H and O–H groups in total. The van der Waals surface area contributed by atoms with Gasteiger partial charge in [-0.15, -0.1) is 11.3 Å². The molecule has 0 unspecified atom stereocenters. The van der Waals surface area contributed by atoms with Crippen LogP contribution in [0.5, 0.6) is 0 Å². The quantitative estimate of drug-likeness (QED) is 0.793. The van der Waals surface area contributed by atoms with Crippen LogP contribution in [-0.2, 0) is 12.8 Å². The summed E-state index contributed by atoms with van der Waals surface area (Å²) in [7, 11) is 0. The number of hydrogen-bond donors (Lipinski definition) is 1. The molecule has 4 rings (SSSR count). The van der Waals surface area contributed by atoms with Gasteiger partial charge in [-0.3, -0.25) is 9.36 Å². The number of rotatable bonds is 1. The van der Waals surface area contributed by atoms with E-state index in [1.807, 2.05) is 4.57 Å². The van der Waals surface area contributed by atoms with Crippen molar-refractivity contribution in [1.82, 2.24) is 9.55 Å². The van der Waals surface area contributed by atoms with Gasteiger partial charge in [-0.1, -0.05) is 6.92 Å². The highest BCUT2D eigenvalue weighted by atomic mass is 32.1. The van der Waals surface area contributed by atoms with E-state index in [9.17, 15) is 4.79 Å². The molecule has 5 heteroatoms. The van der Waals surface area contributed by atoms with Crippen LogP contribution in [0.4, 0.5) is 0 Å². The molecule has 2 heterocycles. The Labute approximate surface area is 133 Å². The van der Waals surface area contributed by atoms with Crippen molar-refractivity contribution in [2.75, 3.05) is 0 Å². The summed E-state index contributed by atoms with van der Waals surface area (Å²) in [5.41, 5.74) is 1.46. The Hall–Kier alpha value is -0.940. The van der Waals surface area contributed by atoms with Crippen molar-refractivity contribution >= 4 is 33.8 Å². The molecule has 2 aromatic rings. The first-order valence-electron chi connectivity index (χ1n) is 7.94. The van der Waals surface area contributed by atoms with Crippen LogP contribution in [0.2, 0.25) is 0 Å². The molecular weight excluding hydrogens is 300 g/mol. The Morgan fingerprint density at radius 2 is 2.00 bits per heavy atom. The highest BCUT2D eigenvalue weighted by Crippen LogP contribution is 2.36. The molecular formula is C16H20N2OS2. The number of nitrogens with zero attached hydrogens (tertiary/aromatic N) is 1. The topological polar surface area (TPSA) is 37.8 Å². The van der Waals surface area contributed by atoms with Crippen LogP contribution in [0.25, 0.3) is 10.2 Å². The van der Waals surface area contributed by atoms with Gasteiger partial charge < -0.3 is 4.98 Å². The van der Waals surface area contributed by atoms with E-state index in [4.69, 9.17) is 12.2 Å². The number of thiophene rings is 1. The molecule has 0 saturated heterocycles. The lowest BCUT2D eigenvalue weighted by Crippen LogP contribution is -2.29. The second-order valence-corrected chi connectivity index (χ2v) is 8.07. The van der Waals surface area contributed by atoms with Crippen molar-refractivity contribution in [2.45, 2.75) is 57.9 Å². The lowest BCUT2D eigenvalue weighted by atomic mass is 9.87. The molecule has 0 aromatic carbocycles. The maximum atomic E-state index is 13.0. The van der Waals surface area contributed by atoms with Crippen LogP contribution >= 0.6 is 23.6 Å². The Morgan fingerprint density at radius 3 is 2.76 bits per heavy atom. The molecule has 0 atom stereocenters. The van der Waals surface area contributed by atoms with Crippen LogP contribution in [-0.4, -0.2) is 9.55 Å². The first-order valence-corrected chi connectivity index (χ1v) is 9.16. The standard InChI is InChI=1S/C16H20N2OS2/c1-9-5-7-10(8-6-9)18-15(19)13-11-3-2-4-12(11)21-14(13)17-16(18)20/h9-10H,2-8H2,1H3,(H,17,20). The Bertz CT molecular complexity index is 806. The molecule has 3 nitrogen and oxygen atoms in total. The average molecular weight is 320 g/mol. The first-order chi connectivity index (χ1) is 10.1. The fraction of sp³-hybridized carbons (Fsp3) is 0.625. The van der Waals surface area contributed by atoms with E-state index in [2.05, 4.69) is 11.9 Å². The third-order valence-corrected chi connectivity index (χ3v) is 6.65. The predicted molar refractivity (Wildman–Crippen MR) is 90.0 cm³/mol. The number of aryl methyl sites for hydroxylation is 2. The van der Waals surface area contributed by atoms with Crippen molar-refractivity contribution in [3.8, 4) is 0 Å². The van der Waals surface area contributed by atoms with E-state index in [1.165, 1.54) is 29.7 Å². The summed E-state index contributed by atoms with van der Waals surface area (Å²) in [6, 6.07) is 0.291. The van der Waals surface area contributed by atoms with Crippen molar-refractivity contribution in [3.05, 3.63) is 25.6 Å². The Balaban J connectivity index is 1.89. The molecule has 112 valence electrons. The summed E-state index contributed by atoms with van der Waals surface area (Å²) in [5, 5.41) is 0.930. The van der Waals surface area contributed by atoms with Crippen LogP contribution in [0.15, 0.2) is 4.79 Å². The lowest BCUT2D eigenvalue weighted by molar-refractivity contribution is 0.282. The molecule has 1 saturated carbocycles. The van der Waals surface area contributed by atoms with Crippen LogP contribution in [0.3, 0.4) is 0 Å². The zero-order valence-corrected chi connectivity index (χ0v) is 13.9. The summed E-state index contributed by atoms with van der Waals surface area (Å²) >= 11 is 7.23. The second-order valence-electron chi connectivity index (χ2n) is 6.58. The van der Waals surface area contributed by atoms with E-state index in [1.54, 1.807) is 11.3 Å². The van der Waals surface area contributed by atoms with Gasteiger partial charge in [0.1, 0.15) is 4.83 Å². The monoisotopic (exact) mass is 320 g/mol. The molecule has 2 aliphatic rings. The third kappa shape index (κ3) is 2.13. The second kappa shape index (κ2) is 5.06. The van der Waals surface area contributed by atoms with Gasteiger partial charge in [0, 0.05) is 10.9 Å².